The van der Waals surface area contributed by atoms with Crippen LogP contribution in [0.2, 0.25) is 0 Å². The molecule has 1 amide bonds. The van der Waals surface area contributed by atoms with E-state index >= 15 is 0 Å². The normalized spacial score (nSPS) is 21.4. The SMILES string of the molecule is CNCC1C(=O)N(c2ccccc2F)CCN1C. The quantitative estimate of drug-likeness (QED) is 0.858. The molecule has 4 nitrogen and oxygen atoms in total. The second kappa shape index (κ2) is 5.46. The van der Waals surface area contributed by atoms with Crippen LogP contribution >= 0.6 is 0 Å². The minimum atomic E-state index is -0.349. The van der Waals surface area contributed by atoms with E-state index in [0.29, 0.717) is 18.8 Å². The zero-order valence-corrected chi connectivity index (χ0v) is 10.7. The smallest absolute Gasteiger partial charge is 0.245 e. The Bertz CT molecular complexity index is 438. The second-order valence-electron chi connectivity index (χ2n) is 4.50. The number of nitrogens with zero attached hydrogens (tertiary/aromatic N) is 2. The molecule has 1 atom stereocenters. The van der Waals surface area contributed by atoms with Crippen molar-refractivity contribution in [3.05, 3.63) is 30.1 Å². The summed E-state index contributed by atoms with van der Waals surface area (Å²) in [5.74, 6) is -0.401. The van der Waals surface area contributed by atoms with Gasteiger partial charge in [0.05, 0.1) is 5.69 Å². The minimum absolute atomic E-state index is 0.0526. The summed E-state index contributed by atoms with van der Waals surface area (Å²) in [4.78, 5) is 15.9. The lowest BCUT2D eigenvalue weighted by atomic mass is 10.1. The predicted molar refractivity (Wildman–Crippen MR) is 69.1 cm³/mol. The molecule has 1 heterocycles. The molecule has 5 heteroatoms. The third-order valence-electron chi connectivity index (χ3n) is 3.30. The molecule has 0 radical (unpaired) electrons. The molecule has 1 N–H and O–H groups in total. The number of hydrogen-bond acceptors (Lipinski definition) is 3. The van der Waals surface area contributed by atoms with Crippen LogP contribution < -0.4 is 10.2 Å². The molecule has 1 aromatic carbocycles. The third-order valence-corrected chi connectivity index (χ3v) is 3.30. The standard InChI is InChI=1S/C13H18FN3O/c1-15-9-12-13(18)17(8-7-16(12)2)11-6-4-3-5-10(11)14/h3-6,12,15H,7-9H2,1-2H3. The minimum Gasteiger partial charge on any atom is -0.318 e. The fraction of sp³-hybridized carbons (Fsp3) is 0.462. The average molecular weight is 251 g/mol. The molecule has 1 unspecified atom stereocenters. The zero-order chi connectivity index (χ0) is 13.1. The van der Waals surface area contributed by atoms with Crippen molar-refractivity contribution in [2.45, 2.75) is 6.04 Å². The summed E-state index contributed by atoms with van der Waals surface area (Å²) < 4.78 is 13.7. The lowest BCUT2D eigenvalue weighted by Crippen LogP contribution is -2.58. The van der Waals surface area contributed by atoms with Crippen molar-refractivity contribution < 1.29 is 9.18 Å². The van der Waals surface area contributed by atoms with Crippen molar-refractivity contribution in [1.82, 2.24) is 10.2 Å². The van der Waals surface area contributed by atoms with E-state index in [1.165, 1.54) is 11.0 Å². The molecule has 0 saturated carbocycles. The Hall–Kier alpha value is -1.46. The summed E-state index contributed by atoms with van der Waals surface area (Å²) >= 11 is 0. The van der Waals surface area contributed by atoms with E-state index in [2.05, 4.69) is 5.32 Å². The fourth-order valence-electron chi connectivity index (χ4n) is 2.24. The Labute approximate surface area is 106 Å². The van der Waals surface area contributed by atoms with Crippen LogP contribution in [0.1, 0.15) is 0 Å². The summed E-state index contributed by atoms with van der Waals surface area (Å²) in [6.07, 6.45) is 0. The molecular formula is C13H18FN3O. The number of carbonyl (C=O) groups is 1. The number of rotatable bonds is 3. The number of para-hydroxylation sites is 1. The number of halogens is 1. The molecule has 0 aliphatic carbocycles. The number of amides is 1. The highest BCUT2D eigenvalue weighted by Gasteiger charge is 2.33. The molecule has 0 spiro atoms. The monoisotopic (exact) mass is 251 g/mol. The van der Waals surface area contributed by atoms with Gasteiger partial charge in [-0.1, -0.05) is 12.1 Å². The van der Waals surface area contributed by atoms with Gasteiger partial charge in [0.2, 0.25) is 5.91 Å². The number of likely N-dealkylation sites (N-methyl/N-ethyl adjacent to an activating group) is 2. The topological polar surface area (TPSA) is 35.6 Å². The highest BCUT2D eigenvalue weighted by Crippen LogP contribution is 2.22. The van der Waals surface area contributed by atoms with Crippen LogP contribution in [0.5, 0.6) is 0 Å². The van der Waals surface area contributed by atoms with E-state index in [4.69, 9.17) is 0 Å². The predicted octanol–water partition coefficient (Wildman–Crippen LogP) is 0.692. The zero-order valence-electron chi connectivity index (χ0n) is 10.7. The first kappa shape index (κ1) is 13.0. The largest absolute Gasteiger partial charge is 0.318 e. The van der Waals surface area contributed by atoms with Crippen LogP contribution in [-0.2, 0) is 4.79 Å². The van der Waals surface area contributed by atoms with Gasteiger partial charge in [0.1, 0.15) is 11.9 Å². The van der Waals surface area contributed by atoms with Crippen LogP contribution in [0, 0.1) is 5.82 Å². The van der Waals surface area contributed by atoms with E-state index in [1.807, 2.05) is 19.0 Å². The average Bonchev–Trinajstić information content (AvgIpc) is 2.36. The number of benzene rings is 1. The molecular weight excluding hydrogens is 233 g/mol. The van der Waals surface area contributed by atoms with E-state index in [0.717, 1.165) is 6.54 Å². The third kappa shape index (κ3) is 2.37. The van der Waals surface area contributed by atoms with Gasteiger partial charge in [-0.3, -0.25) is 9.69 Å². The second-order valence-corrected chi connectivity index (χ2v) is 4.50. The van der Waals surface area contributed by atoms with Crippen molar-refractivity contribution in [2.24, 2.45) is 0 Å². The van der Waals surface area contributed by atoms with Crippen molar-refractivity contribution in [3.8, 4) is 0 Å². The maximum atomic E-state index is 13.7. The van der Waals surface area contributed by atoms with Crippen molar-refractivity contribution in [1.29, 1.82) is 0 Å². The van der Waals surface area contributed by atoms with Gasteiger partial charge in [-0.15, -0.1) is 0 Å². The molecule has 18 heavy (non-hydrogen) atoms. The number of hydrogen-bond donors (Lipinski definition) is 1. The number of anilines is 1. The lowest BCUT2D eigenvalue weighted by molar-refractivity contribution is -0.125. The lowest BCUT2D eigenvalue weighted by Gasteiger charge is -2.38. The molecule has 1 aromatic rings. The van der Waals surface area contributed by atoms with Gasteiger partial charge < -0.3 is 10.2 Å². The van der Waals surface area contributed by atoms with Crippen molar-refractivity contribution >= 4 is 11.6 Å². The van der Waals surface area contributed by atoms with Crippen LogP contribution in [0.4, 0.5) is 10.1 Å². The first-order valence-corrected chi connectivity index (χ1v) is 6.06. The molecule has 1 saturated heterocycles. The Morgan fingerprint density at radius 1 is 1.39 bits per heavy atom. The molecule has 0 bridgehead atoms. The van der Waals surface area contributed by atoms with Crippen LogP contribution in [0.3, 0.4) is 0 Å². The van der Waals surface area contributed by atoms with E-state index in [-0.39, 0.29) is 17.8 Å². The number of piperazine rings is 1. The highest BCUT2D eigenvalue weighted by atomic mass is 19.1. The summed E-state index contributed by atoms with van der Waals surface area (Å²) in [5.41, 5.74) is 0.372. The summed E-state index contributed by atoms with van der Waals surface area (Å²) in [6, 6.07) is 6.17. The van der Waals surface area contributed by atoms with Gasteiger partial charge in [0, 0.05) is 19.6 Å². The first-order valence-electron chi connectivity index (χ1n) is 6.06. The molecule has 1 aliphatic heterocycles. The maximum absolute atomic E-state index is 13.7. The molecule has 1 fully saturated rings. The van der Waals surface area contributed by atoms with Gasteiger partial charge >= 0.3 is 0 Å². The fourth-order valence-corrected chi connectivity index (χ4v) is 2.24. The maximum Gasteiger partial charge on any atom is 0.245 e. The van der Waals surface area contributed by atoms with Crippen molar-refractivity contribution in [2.75, 3.05) is 38.6 Å². The van der Waals surface area contributed by atoms with Gasteiger partial charge in [-0.25, -0.2) is 4.39 Å². The van der Waals surface area contributed by atoms with Gasteiger partial charge in [0.15, 0.2) is 0 Å². The first-order chi connectivity index (χ1) is 8.65. The van der Waals surface area contributed by atoms with Gasteiger partial charge in [0.25, 0.3) is 0 Å². The van der Waals surface area contributed by atoms with E-state index in [9.17, 15) is 9.18 Å². The van der Waals surface area contributed by atoms with E-state index in [1.54, 1.807) is 18.2 Å². The molecule has 0 aromatic heterocycles. The Morgan fingerprint density at radius 3 is 2.78 bits per heavy atom. The highest BCUT2D eigenvalue weighted by molar-refractivity contribution is 5.98. The Morgan fingerprint density at radius 2 is 2.11 bits per heavy atom. The molecule has 98 valence electrons. The van der Waals surface area contributed by atoms with Crippen LogP contribution in [0.25, 0.3) is 0 Å². The van der Waals surface area contributed by atoms with Gasteiger partial charge in [-0.2, -0.15) is 0 Å². The van der Waals surface area contributed by atoms with Crippen LogP contribution in [-0.4, -0.2) is 50.6 Å². The summed E-state index contributed by atoms with van der Waals surface area (Å²) in [6.45, 7) is 1.84. The summed E-state index contributed by atoms with van der Waals surface area (Å²) in [5, 5.41) is 3.00. The number of carbonyl (C=O) groups excluding carboxylic acids is 1. The van der Waals surface area contributed by atoms with Crippen molar-refractivity contribution in [3.63, 3.8) is 0 Å². The Balaban J connectivity index is 2.25. The van der Waals surface area contributed by atoms with Gasteiger partial charge in [-0.05, 0) is 26.2 Å². The Kier molecular flexibility index (Phi) is 3.93. The van der Waals surface area contributed by atoms with Crippen LogP contribution in [0.15, 0.2) is 24.3 Å². The molecule has 1 aliphatic rings. The van der Waals surface area contributed by atoms with E-state index < -0.39 is 0 Å². The molecule has 2 rings (SSSR count). The number of nitrogens with one attached hydrogen (secondary N) is 1. The summed E-state index contributed by atoms with van der Waals surface area (Å²) in [7, 11) is 3.72.